The van der Waals surface area contributed by atoms with Gasteiger partial charge < -0.3 is 40.7 Å². The van der Waals surface area contributed by atoms with Crippen LogP contribution in [0.1, 0.15) is 31.1 Å². The minimum atomic E-state index is -1.49. The molecule has 1 aromatic heterocycles. The standard InChI is InChI=1S/C29H36F2N8O4/c1-7-25(40)35-20-13-22(24(42-6)10-16(20)26-23(14-39(4)5)32-8-9-43-26)37-28-34-15-33-27(38-28)36-21-12-19(31)18(30)11-17(21)29(2,3)41/h7,10-13,15,23,26,32,41H,1,8-9,14H2,2-6H3,(H,35,40)(H2,33,34,36,37,38)/t23?,26-/m0/s1. The fraction of sp³-hybridized carbons (Fsp3) is 0.379. The first-order valence-electron chi connectivity index (χ1n) is 13.5. The van der Waals surface area contributed by atoms with Crippen LogP contribution in [-0.4, -0.2) is 77.8 Å². The average Bonchev–Trinajstić information content (AvgIpc) is 2.94. The van der Waals surface area contributed by atoms with E-state index in [1.54, 1.807) is 12.1 Å². The van der Waals surface area contributed by atoms with Gasteiger partial charge in [-0.25, -0.2) is 18.7 Å². The monoisotopic (exact) mass is 598 g/mol. The number of aromatic nitrogens is 3. The van der Waals surface area contributed by atoms with Gasteiger partial charge in [0, 0.05) is 36.0 Å². The van der Waals surface area contributed by atoms with Gasteiger partial charge in [0.15, 0.2) is 11.6 Å². The normalized spacial score (nSPS) is 17.0. The van der Waals surface area contributed by atoms with Gasteiger partial charge in [-0.15, -0.1) is 0 Å². The lowest BCUT2D eigenvalue weighted by Gasteiger charge is -2.36. The highest BCUT2D eigenvalue weighted by atomic mass is 19.2. The summed E-state index contributed by atoms with van der Waals surface area (Å²) < 4.78 is 39.9. The molecule has 14 heteroatoms. The fourth-order valence-corrected chi connectivity index (χ4v) is 4.72. The molecule has 0 saturated carbocycles. The molecule has 2 heterocycles. The van der Waals surface area contributed by atoms with E-state index in [-0.39, 0.29) is 29.2 Å². The van der Waals surface area contributed by atoms with Crippen LogP contribution >= 0.6 is 0 Å². The zero-order valence-corrected chi connectivity index (χ0v) is 24.7. The lowest BCUT2D eigenvalue weighted by molar-refractivity contribution is -0.111. The zero-order chi connectivity index (χ0) is 31.3. The van der Waals surface area contributed by atoms with Crippen LogP contribution in [0.25, 0.3) is 0 Å². The van der Waals surface area contributed by atoms with Crippen molar-refractivity contribution in [2.45, 2.75) is 31.6 Å². The largest absolute Gasteiger partial charge is 0.495 e. The van der Waals surface area contributed by atoms with Crippen LogP contribution in [0.5, 0.6) is 5.75 Å². The highest BCUT2D eigenvalue weighted by molar-refractivity contribution is 6.00. The van der Waals surface area contributed by atoms with E-state index in [0.717, 1.165) is 12.1 Å². The van der Waals surface area contributed by atoms with Gasteiger partial charge >= 0.3 is 0 Å². The number of nitrogens with one attached hydrogen (secondary N) is 4. The number of aliphatic hydroxyl groups is 1. The summed E-state index contributed by atoms with van der Waals surface area (Å²) in [5.74, 6) is -2.11. The van der Waals surface area contributed by atoms with Gasteiger partial charge in [-0.1, -0.05) is 6.58 Å². The molecule has 5 N–H and O–H groups in total. The predicted molar refractivity (Wildman–Crippen MR) is 159 cm³/mol. The number of methoxy groups -OCH3 is 1. The molecule has 12 nitrogen and oxygen atoms in total. The van der Waals surface area contributed by atoms with E-state index in [0.29, 0.717) is 42.4 Å². The van der Waals surface area contributed by atoms with Gasteiger partial charge in [0.25, 0.3) is 0 Å². The summed E-state index contributed by atoms with van der Waals surface area (Å²) in [6.07, 6.45) is 1.99. The number of carbonyl (C=O) groups is 1. The Morgan fingerprint density at radius 3 is 2.47 bits per heavy atom. The summed E-state index contributed by atoms with van der Waals surface area (Å²) in [5.41, 5.74) is 0.277. The first-order valence-corrected chi connectivity index (χ1v) is 13.5. The highest BCUT2D eigenvalue weighted by Crippen LogP contribution is 2.39. The number of benzene rings is 2. The Morgan fingerprint density at radius 2 is 1.84 bits per heavy atom. The number of amides is 1. The van der Waals surface area contributed by atoms with Crippen molar-refractivity contribution in [1.29, 1.82) is 0 Å². The quantitative estimate of drug-likeness (QED) is 0.207. The van der Waals surface area contributed by atoms with Crippen LogP contribution in [0.2, 0.25) is 0 Å². The van der Waals surface area contributed by atoms with Crippen molar-refractivity contribution >= 4 is 34.9 Å². The van der Waals surface area contributed by atoms with Crippen molar-refractivity contribution < 1.29 is 28.2 Å². The maximum atomic E-state index is 14.1. The summed E-state index contributed by atoms with van der Waals surface area (Å²) in [6, 6.07) is 5.23. The number of ether oxygens (including phenoxy) is 2. The first kappa shape index (κ1) is 31.7. The van der Waals surface area contributed by atoms with Gasteiger partial charge in [0.05, 0.1) is 36.7 Å². The number of hydrogen-bond acceptors (Lipinski definition) is 11. The Morgan fingerprint density at radius 1 is 1.16 bits per heavy atom. The molecule has 3 aromatic rings. The highest BCUT2D eigenvalue weighted by Gasteiger charge is 2.31. The van der Waals surface area contributed by atoms with Crippen LogP contribution in [0.3, 0.4) is 0 Å². The van der Waals surface area contributed by atoms with Crippen LogP contribution in [0, 0.1) is 11.6 Å². The number of morpholine rings is 1. The zero-order valence-electron chi connectivity index (χ0n) is 24.7. The Bertz CT molecular complexity index is 1480. The average molecular weight is 599 g/mol. The summed E-state index contributed by atoms with van der Waals surface area (Å²) in [7, 11) is 5.44. The van der Waals surface area contributed by atoms with E-state index in [1.807, 2.05) is 19.0 Å². The third-order valence-electron chi connectivity index (χ3n) is 6.64. The lowest BCUT2D eigenvalue weighted by atomic mass is 9.96. The summed E-state index contributed by atoms with van der Waals surface area (Å²) in [6.45, 7) is 8.32. The Hall–Kier alpha value is -4.24. The molecule has 1 saturated heterocycles. The Balaban J connectivity index is 1.69. The molecule has 0 bridgehead atoms. The molecule has 230 valence electrons. The number of rotatable bonds is 11. The second kappa shape index (κ2) is 13.4. The number of carbonyl (C=O) groups excluding carboxylic acids is 1. The van der Waals surface area contributed by atoms with Crippen molar-refractivity contribution in [3.8, 4) is 5.75 Å². The van der Waals surface area contributed by atoms with Crippen molar-refractivity contribution in [2.24, 2.45) is 0 Å². The summed E-state index contributed by atoms with van der Waals surface area (Å²) >= 11 is 0. The Labute approximate surface area is 248 Å². The van der Waals surface area contributed by atoms with Gasteiger partial charge in [-0.3, -0.25) is 4.79 Å². The molecule has 2 aromatic carbocycles. The number of hydrogen-bond donors (Lipinski definition) is 5. The molecule has 1 aliphatic rings. The first-order chi connectivity index (χ1) is 20.4. The maximum Gasteiger partial charge on any atom is 0.247 e. The smallest absolute Gasteiger partial charge is 0.247 e. The van der Waals surface area contributed by atoms with Crippen molar-refractivity contribution in [3.63, 3.8) is 0 Å². The third kappa shape index (κ3) is 7.78. The fourth-order valence-electron chi connectivity index (χ4n) is 4.72. The molecular formula is C29H36F2N8O4. The van der Waals surface area contributed by atoms with Gasteiger partial charge in [-0.05, 0) is 52.2 Å². The van der Waals surface area contributed by atoms with E-state index in [1.165, 1.54) is 33.4 Å². The molecule has 1 amide bonds. The van der Waals surface area contributed by atoms with Crippen LogP contribution in [0.4, 0.5) is 37.7 Å². The van der Waals surface area contributed by atoms with Gasteiger partial charge in [-0.2, -0.15) is 4.98 Å². The SMILES string of the molecule is C=CC(=O)Nc1cc(Nc2ncnc(Nc3cc(F)c(F)cc3C(C)(C)O)n2)c(OC)cc1[C@@H]1OCCNC1CN(C)C. The topological polar surface area (TPSA) is 146 Å². The van der Waals surface area contributed by atoms with E-state index >= 15 is 0 Å². The number of halogens is 2. The molecule has 0 spiro atoms. The van der Waals surface area contributed by atoms with E-state index in [9.17, 15) is 18.7 Å². The number of nitrogens with zero attached hydrogens (tertiary/aromatic N) is 4. The minimum Gasteiger partial charge on any atom is -0.495 e. The molecule has 2 atom stereocenters. The van der Waals surface area contributed by atoms with Gasteiger partial charge in [0.2, 0.25) is 17.8 Å². The van der Waals surface area contributed by atoms with E-state index in [4.69, 9.17) is 9.47 Å². The lowest BCUT2D eigenvalue weighted by Crippen LogP contribution is -2.48. The predicted octanol–water partition coefficient (Wildman–Crippen LogP) is 3.59. The molecule has 1 aliphatic heterocycles. The van der Waals surface area contributed by atoms with E-state index < -0.39 is 29.2 Å². The van der Waals surface area contributed by atoms with Crippen LogP contribution in [-0.2, 0) is 15.1 Å². The minimum absolute atomic E-state index is 0.00186. The second-order valence-corrected chi connectivity index (χ2v) is 10.7. The molecule has 1 fully saturated rings. The molecular weight excluding hydrogens is 562 g/mol. The van der Waals surface area contributed by atoms with Crippen molar-refractivity contribution in [3.05, 3.63) is 66.0 Å². The molecule has 43 heavy (non-hydrogen) atoms. The number of likely N-dealkylation sites (N-methyl/N-ethyl adjacent to an activating group) is 1. The van der Waals surface area contributed by atoms with Crippen LogP contribution < -0.4 is 26.0 Å². The number of anilines is 5. The second-order valence-electron chi connectivity index (χ2n) is 10.7. The molecule has 1 unspecified atom stereocenters. The van der Waals surface area contributed by atoms with E-state index in [2.05, 4.69) is 42.8 Å². The molecule has 4 rings (SSSR count). The van der Waals surface area contributed by atoms with Crippen LogP contribution in [0.15, 0.2) is 43.2 Å². The molecule has 0 radical (unpaired) electrons. The molecule has 0 aliphatic carbocycles. The third-order valence-corrected chi connectivity index (χ3v) is 6.64. The Kier molecular flexibility index (Phi) is 9.86. The maximum absolute atomic E-state index is 14.1. The van der Waals surface area contributed by atoms with Crippen molar-refractivity contribution in [2.75, 3.05) is 56.9 Å². The summed E-state index contributed by atoms with van der Waals surface area (Å²) in [4.78, 5) is 27.0. The van der Waals surface area contributed by atoms with Gasteiger partial charge in [0.1, 0.15) is 18.2 Å². The summed E-state index contributed by atoms with van der Waals surface area (Å²) in [5, 5.41) is 22.7. The van der Waals surface area contributed by atoms with Crippen molar-refractivity contribution in [1.82, 2.24) is 25.2 Å².